The predicted octanol–water partition coefficient (Wildman–Crippen LogP) is 4.62. The third-order valence-electron chi connectivity index (χ3n) is 5.51. The number of amides is 2. The van der Waals surface area contributed by atoms with Crippen LogP contribution in [0.1, 0.15) is 39.2 Å². The quantitative estimate of drug-likeness (QED) is 0.446. The van der Waals surface area contributed by atoms with Gasteiger partial charge in [0, 0.05) is 17.6 Å². The van der Waals surface area contributed by atoms with Gasteiger partial charge in [0.1, 0.15) is 18.4 Å². The fourth-order valence-electron chi connectivity index (χ4n) is 3.42. The van der Waals surface area contributed by atoms with Crippen LogP contribution in [-0.4, -0.2) is 50.0 Å². The van der Waals surface area contributed by atoms with E-state index >= 15 is 0 Å². The van der Waals surface area contributed by atoms with E-state index in [2.05, 4.69) is 5.32 Å². The number of hydrogen-bond donors (Lipinski definition) is 1. The molecule has 2 atom stereocenters. The number of hydrogen-bond acceptors (Lipinski definition) is 4. The highest BCUT2D eigenvalue weighted by molar-refractivity contribution is 7.92. The second kappa shape index (κ2) is 12.6. The predicted molar refractivity (Wildman–Crippen MR) is 138 cm³/mol. The summed E-state index contributed by atoms with van der Waals surface area (Å²) in [4.78, 5) is 27.9. The van der Waals surface area contributed by atoms with Gasteiger partial charge in [-0.2, -0.15) is 0 Å². The lowest BCUT2D eigenvalue weighted by Crippen LogP contribution is -2.53. The average molecular weight is 546 g/mol. The summed E-state index contributed by atoms with van der Waals surface area (Å²) < 4.78 is 39.6. The lowest BCUT2D eigenvalue weighted by Gasteiger charge is -2.33. The monoisotopic (exact) mass is 545 g/mol. The Morgan fingerprint density at radius 1 is 1.06 bits per heavy atom. The maximum absolute atomic E-state index is 13.6. The number of carbonyl (C=O) groups excluding carboxylic acids is 2. The molecule has 192 valence electrons. The highest BCUT2D eigenvalue weighted by Crippen LogP contribution is 2.31. The molecular formula is C24H30Cl2FN3O4S. The van der Waals surface area contributed by atoms with Crippen molar-refractivity contribution in [2.75, 3.05) is 17.1 Å². The Morgan fingerprint density at radius 3 is 2.23 bits per heavy atom. The van der Waals surface area contributed by atoms with Crippen molar-refractivity contribution in [1.82, 2.24) is 10.2 Å². The van der Waals surface area contributed by atoms with Crippen LogP contribution in [0.5, 0.6) is 0 Å². The molecule has 2 rings (SSSR count). The first-order valence-corrected chi connectivity index (χ1v) is 13.7. The van der Waals surface area contributed by atoms with Crippen molar-refractivity contribution in [3.05, 3.63) is 63.9 Å². The molecule has 11 heteroatoms. The first kappa shape index (κ1) is 28.9. The molecule has 0 unspecified atom stereocenters. The van der Waals surface area contributed by atoms with Crippen LogP contribution in [-0.2, 0) is 26.2 Å². The van der Waals surface area contributed by atoms with Crippen molar-refractivity contribution in [2.24, 2.45) is 0 Å². The highest BCUT2D eigenvalue weighted by atomic mass is 35.5. The summed E-state index contributed by atoms with van der Waals surface area (Å²) in [5, 5.41) is 3.22. The van der Waals surface area contributed by atoms with Crippen LogP contribution in [0.25, 0.3) is 0 Å². The summed E-state index contributed by atoms with van der Waals surface area (Å²) in [7, 11) is -3.95. The van der Waals surface area contributed by atoms with Gasteiger partial charge < -0.3 is 10.2 Å². The summed E-state index contributed by atoms with van der Waals surface area (Å²) in [6, 6.07) is 8.84. The van der Waals surface area contributed by atoms with Crippen molar-refractivity contribution in [3.63, 3.8) is 0 Å². The third kappa shape index (κ3) is 8.08. The Morgan fingerprint density at radius 2 is 1.69 bits per heavy atom. The average Bonchev–Trinajstić information content (AvgIpc) is 2.79. The maximum Gasteiger partial charge on any atom is 0.244 e. The number of carbonyl (C=O) groups is 2. The zero-order valence-electron chi connectivity index (χ0n) is 20.1. The molecule has 0 spiro atoms. The Balaban J connectivity index is 2.47. The van der Waals surface area contributed by atoms with E-state index in [-0.39, 0.29) is 40.6 Å². The lowest BCUT2D eigenvalue weighted by atomic mass is 10.1. The van der Waals surface area contributed by atoms with Crippen molar-refractivity contribution in [2.45, 2.75) is 52.2 Å². The molecule has 0 aliphatic heterocycles. The summed E-state index contributed by atoms with van der Waals surface area (Å²) >= 11 is 12.3. The minimum atomic E-state index is -3.95. The maximum atomic E-state index is 13.6. The first-order valence-electron chi connectivity index (χ1n) is 11.1. The van der Waals surface area contributed by atoms with E-state index in [1.807, 2.05) is 13.8 Å². The van der Waals surface area contributed by atoms with Crippen molar-refractivity contribution in [3.8, 4) is 0 Å². The Labute approximate surface area is 216 Å². The van der Waals surface area contributed by atoms with E-state index in [4.69, 9.17) is 23.2 Å². The normalized spacial score (nSPS) is 13.1. The fourth-order valence-corrected chi connectivity index (χ4v) is 4.71. The number of benzene rings is 2. The molecule has 0 heterocycles. The Bertz CT molecular complexity index is 1150. The van der Waals surface area contributed by atoms with Crippen molar-refractivity contribution >= 4 is 50.7 Å². The zero-order valence-corrected chi connectivity index (χ0v) is 22.4. The molecule has 0 radical (unpaired) electrons. The van der Waals surface area contributed by atoms with Gasteiger partial charge in [-0.25, -0.2) is 12.8 Å². The van der Waals surface area contributed by atoms with Gasteiger partial charge >= 0.3 is 0 Å². The summed E-state index contributed by atoms with van der Waals surface area (Å²) in [5.41, 5.74) is 0.634. The van der Waals surface area contributed by atoms with E-state index < -0.39 is 34.3 Å². The largest absolute Gasteiger partial charge is 0.352 e. The van der Waals surface area contributed by atoms with Gasteiger partial charge in [0.15, 0.2) is 0 Å². The summed E-state index contributed by atoms with van der Waals surface area (Å²) in [5.74, 6) is -1.42. The molecule has 0 fully saturated rings. The molecule has 2 aromatic rings. The second-order valence-electron chi connectivity index (χ2n) is 8.26. The summed E-state index contributed by atoms with van der Waals surface area (Å²) in [6.07, 6.45) is 1.93. The van der Waals surface area contributed by atoms with E-state index in [0.717, 1.165) is 10.6 Å². The molecule has 1 N–H and O–H groups in total. The second-order valence-corrected chi connectivity index (χ2v) is 11.0. The first-order chi connectivity index (χ1) is 16.4. The topological polar surface area (TPSA) is 86.8 Å². The standard InChI is InChI=1S/C24H30Cl2FN3O4S/c1-5-16(3)28-24(32)21(6-2)29(14-17-7-10-19(27)11-8-17)23(31)15-30(35(4,33)34)22-13-18(25)9-12-20(22)26/h7-13,16,21H,5-6,14-15H2,1-4H3,(H,28,32)/t16-,21+/m0/s1. The van der Waals surface area contributed by atoms with Gasteiger partial charge in [-0.05, 0) is 55.7 Å². The molecule has 7 nitrogen and oxygen atoms in total. The SMILES string of the molecule is CC[C@H](C(=O)N[C@@H](C)CC)N(Cc1ccc(F)cc1)C(=O)CN(c1cc(Cl)ccc1Cl)S(C)(=O)=O. The molecule has 0 bridgehead atoms. The minimum absolute atomic E-state index is 0.0214. The molecule has 0 aliphatic rings. The third-order valence-corrected chi connectivity index (χ3v) is 7.19. The van der Waals surface area contributed by atoms with Crippen LogP contribution in [0, 0.1) is 5.82 Å². The summed E-state index contributed by atoms with van der Waals surface area (Å²) in [6.45, 7) is 4.91. The molecule has 0 aromatic heterocycles. The van der Waals surface area contributed by atoms with Crippen LogP contribution >= 0.6 is 23.2 Å². The van der Waals surface area contributed by atoms with E-state index in [1.165, 1.54) is 47.4 Å². The van der Waals surface area contributed by atoms with Gasteiger partial charge in [0.05, 0.1) is 17.0 Å². The van der Waals surface area contributed by atoms with E-state index in [0.29, 0.717) is 12.0 Å². The van der Waals surface area contributed by atoms with Crippen molar-refractivity contribution in [1.29, 1.82) is 0 Å². The number of nitrogens with zero attached hydrogens (tertiary/aromatic N) is 2. The molecule has 0 aliphatic carbocycles. The molecular weight excluding hydrogens is 516 g/mol. The smallest absolute Gasteiger partial charge is 0.244 e. The number of nitrogens with one attached hydrogen (secondary N) is 1. The van der Waals surface area contributed by atoms with Gasteiger partial charge in [-0.3, -0.25) is 13.9 Å². The van der Waals surface area contributed by atoms with Gasteiger partial charge in [0.2, 0.25) is 21.8 Å². The number of sulfonamides is 1. The minimum Gasteiger partial charge on any atom is -0.352 e. The van der Waals surface area contributed by atoms with Gasteiger partial charge in [0.25, 0.3) is 0 Å². The van der Waals surface area contributed by atoms with Crippen molar-refractivity contribution < 1.29 is 22.4 Å². The number of anilines is 1. The zero-order chi connectivity index (χ0) is 26.3. The molecule has 0 saturated heterocycles. The van der Waals surface area contributed by atoms with Gasteiger partial charge in [-0.1, -0.05) is 49.2 Å². The molecule has 2 amide bonds. The fraction of sp³-hybridized carbons (Fsp3) is 0.417. The number of rotatable bonds is 11. The van der Waals surface area contributed by atoms with Crippen LogP contribution in [0.4, 0.5) is 10.1 Å². The van der Waals surface area contributed by atoms with Crippen LogP contribution in [0.3, 0.4) is 0 Å². The molecule has 2 aromatic carbocycles. The number of halogens is 3. The van der Waals surface area contributed by atoms with Crippen LogP contribution in [0.2, 0.25) is 10.0 Å². The van der Waals surface area contributed by atoms with Crippen LogP contribution < -0.4 is 9.62 Å². The highest BCUT2D eigenvalue weighted by Gasteiger charge is 2.32. The lowest BCUT2D eigenvalue weighted by molar-refractivity contribution is -0.140. The Hall–Kier alpha value is -2.36. The van der Waals surface area contributed by atoms with E-state index in [9.17, 15) is 22.4 Å². The Kier molecular flexibility index (Phi) is 10.4. The molecule has 35 heavy (non-hydrogen) atoms. The van der Waals surface area contributed by atoms with Crippen LogP contribution in [0.15, 0.2) is 42.5 Å². The molecule has 0 saturated carbocycles. The van der Waals surface area contributed by atoms with Gasteiger partial charge in [-0.15, -0.1) is 0 Å². The van der Waals surface area contributed by atoms with E-state index in [1.54, 1.807) is 6.92 Å².